The van der Waals surface area contributed by atoms with E-state index in [0.717, 1.165) is 11.9 Å². The molecule has 0 radical (unpaired) electrons. The standard InChI is InChI=1S/C13H16N2OS/c1-9(2)7-8-15-12(16)10-5-3-4-6-11(10)14-13(15)17/h3-6,9H,7-8H2,1-2H3,(H,14,17). The first-order valence-electron chi connectivity index (χ1n) is 5.81. The Morgan fingerprint density at radius 2 is 2.06 bits per heavy atom. The third-order valence-corrected chi connectivity index (χ3v) is 3.14. The molecule has 0 aliphatic carbocycles. The zero-order valence-corrected chi connectivity index (χ0v) is 10.9. The Hall–Kier alpha value is -1.42. The molecule has 0 atom stereocenters. The molecule has 0 spiro atoms. The van der Waals surface area contributed by atoms with Crippen molar-refractivity contribution in [3.05, 3.63) is 39.4 Å². The summed E-state index contributed by atoms with van der Waals surface area (Å²) in [4.78, 5) is 15.3. The van der Waals surface area contributed by atoms with Crippen molar-refractivity contribution < 1.29 is 0 Å². The van der Waals surface area contributed by atoms with E-state index in [2.05, 4.69) is 18.8 Å². The van der Waals surface area contributed by atoms with E-state index in [1.165, 1.54) is 0 Å². The summed E-state index contributed by atoms with van der Waals surface area (Å²) in [6, 6.07) is 7.47. The van der Waals surface area contributed by atoms with E-state index in [9.17, 15) is 4.79 Å². The number of H-pyrrole nitrogens is 1. The van der Waals surface area contributed by atoms with Crippen LogP contribution in [0.1, 0.15) is 20.3 Å². The molecule has 2 aromatic rings. The highest BCUT2D eigenvalue weighted by Gasteiger charge is 2.05. The van der Waals surface area contributed by atoms with Crippen LogP contribution in [0.2, 0.25) is 0 Å². The maximum Gasteiger partial charge on any atom is 0.262 e. The number of nitrogens with zero attached hydrogens (tertiary/aromatic N) is 1. The number of aromatic nitrogens is 2. The van der Waals surface area contributed by atoms with Crippen LogP contribution >= 0.6 is 12.2 Å². The van der Waals surface area contributed by atoms with Crippen molar-refractivity contribution >= 4 is 23.1 Å². The van der Waals surface area contributed by atoms with Gasteiger partial charge in [-0.05, 0) is 36.7 Å². The number of hydrogen-bond acceptors (Lipinski definition) is 2. The molecule has 0 aliphatic heterocycles. The van der Waals surface area contributed by atoms with Gasteiger partial charge in [0.05, 0.1) is 10.9 Å². The van der Waals surface area contributed by atoms with E-state index >= 15 is 0 Å². The van der Waals surface area contributed by atoms with Crippen LogP contribution in [0.4, 0.5) is 0 Å². The maximum absolute atomic E-state index is 12.2. The minimum Gasteiger partial charge on any atom is -0.332 e. The average Bonchev–Trinajstić information content (AvgIpc) is 2.28. The maximum atomic E-state index is 12.2. The third-order valence-electron chi connectivity index (χ3n) is 2.82. The number of aromatic amines is 1. The third kappa shape index (κ3) is 2.47. The summed E-state index contributed by atoms with van der Waals surface area (Å²) >= 11 is 5.23. The topological polar surface area (TPSA) is 37.8 Å². The van der Waals surface area contributed by atoms with Crippen LogP contribution in [0.15, 0.2) is 29.1 Å². The highest BCUT2D eigenvalue weighted by atomic mass is 32.1. The number of rotatable bonds is 3. The molecule has 0 saturated carbocycles. The Labute approximate surface area is 105 Å². The Bertz CT molecular complexity index is 640. The van der Waals surface area contributed by atoms with Gasteiger partial charge in [-0.3, -0.25) is 9.36 Å². The Morgan fingerprint density at radius 3 is 2.76 bits per heavy atom. The van der Waals surface area contributed by atoms with Crippen molar-refractivity contribution in [3.8, 4) is 0 Å². The number of hydrogen-bond donors (Lipinski definition) is 1. The van der Waals surface area contributed by atoms with Crippen LogP contribution in [-0.2, 0) is 6.54 Å². The summed E-state index contributed by atoms with van der Waals surface area (Å²) in [7, 11) is 0. The quantitative estimate of drug-likeness (QED) is 0.847. The number of benzene rings is 1. The molecular formula is C13H16N2OS. The van der Waals surface area contributed by atoms with Gasteiger partial charge in [-0.25, -0.2) is 0 Å². The van der Waals surface area contributed by atoms with Gasteiger partial charge >= 0.3 is 0 Å². The summed E-state index contributed by atoms with van der Waals surface area (Å²) in [6.45, 7) is 4.95. The summed E-state index contributed by atoms with van der Waals surface area (Å²) in [6.07, 6.45) is 0.954. The molecule has 4 heteroatoms. The molecular weight excluding hydrogens is 232 g/mol. The zero-order chi connectivity index (χ0) is 12.4. The lowest BCUT2D eigenvalue weighted by Gasteiger charge is -2.09. The van der Waals surface area contributed by atoms with Gasteiger partial charge in [0.2, 0.25) is 0 Å². The van der Waals surface area contributed by atoms with Gasteiger partial charge in [0.25, 0.3) is 5.56 Å². The molecule has 90 valence electrons. The lowest BCUT2D eigenvalue weighted by atomic mass is 10.1. The fourth-order valence-corrected chi connectivity index (χ4v) is 2.07. The van der Waals surface area contributed by atoms with Crippen molar-refractivity contribution in [2.75, 3.05) is 0 Å². The highest BCUT2D eigenvalue weighted by Crippen LogP contribution is 2.07. The molecule has 0 fully saturated rings. The first kappa shape index (κ1) is 12.0. The predicted molar refractivity (Wildman–Crippen MR) is 72.8 cm³/mol. The Kier molecular flexibility index (Phi) is 3.43. The first-order valence-corrected chi connectivity index (χ1v) is 6.22. The van der Waals surface area contributed by atoms with E-state index in [1.807, 2.05) is 24.3 Å². The summed E-state index contributed by atoms with van der Waals surface area (Å²) in [5.74, 6) is 0.558. The molecule has 0 bridgehead atoms. The molecule has 0 amide bonds. The molecule has 2 rings (SSSR count). The SMILES string of the molecule is CC(C)CCn1c(=S)[nH]c2ccccc2c1=O. The smallest absolute Gasteiger partial charge is 0.262 e. The molecule has 1 heterocycles. The second kappa shape index (κ2) is 4.84. The fraction of sp³-hybridized carbons (Fsp3) is 0.385. The lowest BCUT2D eigenvalue weighted by Crippen LogP contribution is -2.22. The molecule has 1 aromatic carbocycles. The molecule has 0 unspecified atom stereocenters. The molecule has 1 aromatic heterocycles. The van der Waals surface area contributed by atoms with Crippen LogP contribution in [-0.4, -0.2) is 9.55 Å². The van der Waals surface area contributed by atoms with Gasteiger partial charge in [0.15, 0.2) is 4.77 Å². The number of fused-ring (bicyclic) bond motifs is 1. The van der Waals surface area contributed by atoms with E-state index in [1.54, 1.807) is 4.57 Å². The summed E-state index contributed by atoms with van der Waals surface area (Å²) < 4.78 is 2.16. The van der Waals surface area contributed by atoms with Gasteiger partial charge in [-0.1, -0.05) is 26.0 Å². The van der Waals surface area contributed by atoms with Crippen LogP contribution in [0.5, 0.6) is 0 Å². The van der Waals surface area contributed by atoms with Crippen LogP contribution in [0, 0.1) is 10.7 Å². The van der Waals surface area contributed by atoms with Crippen molar-refractivity contribution in [3.63, 3.8) is 0 Å². The Balaban J connectivity index is 2.56. The van der Waals surface area contributed by atoms with Crippen molar-refractivity contribution in [2.45, 2.75) is 26.8 Å². The molecule has 1 N–H and O–H groups in total. The van der Waals surface area contributed by atoms with E-state index in [0.29, 0.717) is 22.6 Å². The van der Waals surface area contributed by atoms with E-state index < -0.39 is 0 Å². The average molecular weight is 248 g/mol. The number of nitrogens with one attached hydrogen (secondary N) is 1. The number of para-hydroxylation sites is 1. The summed E-state index contributed by atoms with van der Waals surface area (Å²) in [5, 5.41) is 0.699. The lowest BCUT2D eigenvalue weighted by molar-refractivity contribution is 0.502. The van der Waals surface area contributed by atoms with Crippen LogP contribution in [0.25, 0.3) is 10.9 Å². The van der Waals surface area contributed by atoms with Gasteiger partial charge in [0.1, 0.15) is 0 Å². The Morgan fingerprint density at radius 1 is 1.35 bits per heavy atom. The van der Waals surface area contributed by atoms with Gasteiger partial charge in [-0.2, -0.15) is 0 Å². The monoisotopic (exact) mass is 248 g/mol. The van der Waals surface area contributed by atoms with Gasteiger partial charge < -0.3 is 4.98 Å². The van der Waals surface area contributed by atoms with Gasteiger partial charge in [0, 0.05) is 6.54 Å². The fourth-order valence-electron chi connectivity index (χ4n) is 1.79. The predicted octanol–water partition coefficient (Wildman–Crippen LogP) is 3.11. The largest absolute Gasteiger partial charge is 0.332 e. The highest BCUT2D eigenvalue weighted by molar-refractivity contribution is 7.71. The minimum absolute atomic E-state index is 0.00463. The molecule has 0 saturated heterocycles. The molecule has 3 nitrogen and oxygen atoms in total. The molecule has 17 heavy (non-hydrogen) atoms. The molecule has 0 aliphatic rings. The second-order valence-electron chi connectivity index (χ2n) is 4.62. The zero-order valence-electron chi connectivity index (χ0n) is 10.1. The summed E-state index contributed by atoms with van der Waals surface area (Å²) in [5.41, 5.74) is 0.813. The van der Waals surface area contributed by atoms with E-state index in [4.69, 9.17) is 12.2 Å². The van der Waals surface area contributed by atoms with Crippen molar-refractivity contribution in [1.29, 1.82) is 0 Å². The van der Waals surface area contributed by atoms with Crippen molar-refractivity contribution in [2.24, 2.45) is 5.92 Å². The second-order valence-corrected chi connectivity index (χ2v) is 5.00. The van der Waals surface area contributed by atoms with Gasteiger partial charge in [-0.15, -0.1) is 0 Å². The van der Waals surface area contributed by atoms with E-state index in [-0.39, 0.29) is 5.56 Å². The van der Waals surface area contributed by atoms with Crippen LogP contribution in [0.3, 0.4) is 0 Å². The minimum atomic E-state index is 0.00463. The first-order chi connectivity index (χ1) is 8.09. The normalized spacial score (nSPS) is 11.2. The van der Waals surface area contributed by atoms with Crippen LogP contribution < -0.4 is 5.56 Å². The van der Waals surface area contributed by atoms with Crippen molar-refractivity contribution in [1.82, 2.24) is 9.55 Å².